The number of aromatic nitrogens is 2. The van der Waals surface area contributed by atoms with E-state index in [-0.39, 0.29) is 0 Å². The van der Waals surface area contributed by atoms with Crippen LogP contribution in [0.4, 0.5) is 5.69 Å². The highest BCUT2D eigenvalue weighted by molar-refractivity contribution is 14.1. The molecule has 1 heterocycles. The summed E-state index contributed by atoms with van der Waals surface area (Å²) in [4.78, 5) is 23.3. The van der Waals surface area contributed by atoms with Gasteiger partial charge in [-0.25, -0.2) is 0 Å². The van der Waals surface area contributed by atoms with Crippen molar-refractivity contribution in [3.8, 4) is 11.3 Å². The van der Waals surface area contributed by atoms with Crippen molar-refractivity contribution >= 4 is 40.1 Å². The normalized spacial score (nSPS) is 13.2. The van der Waals surface area contributed by atoms with E-state index in [1.807, 2.05) is 6.07 Å². The zero-order chi connectivity index (χ0) is 16.1. The summed E-state index contributed by atoms with van der Waals surface area (Å²) in [5.74, 6) is -1.03. The highest BCUT2D eigenvalue weighted by atomic mass is 127. The zero-order valence-corrected chi connectivity index (χ0v) is 13.9. The molecule has 0 aliphatic rings. The number of nitrogens with zero attached hydrogens (tertiary/aromatic N) is 1. The average Bonchev–Trinajstić information content (AvgIpc) is 3.07. The third kappa shape index (κ3) is 3.83. The first-order valence-electron chi connectivity index (χ1n) is 6.47. The quantitative estimate of drug-likeness (QED) is 0.431. The summed E-state index contributed by atoms with van der Waals surface area (Å²) >= 11 is 1.73. The Morgan fingerprint density at radius 2 is 1.91 bits per heavy atom. The van der Waals surface area contributed by atoms with E-state index in [2.05, 4.69) is 20.8 Å². The van der Waals surface area contributed by atoms with Crippen LogP contribution in [0.25, 0.3) is 11.3 Å². The second kappa shape index (κ2) is 7.36. The molecule has 22 heavy (non-hydrogen) atoms. The van der Waals surface area contributed by atoms with E-state index in [1.165, 1.54) is 7.05 Å². The maximum atomic E-state index is 11.9. The Bertz CT molecular complexity index is 643. The van der Waals surface area contributed by atoms with Crippen LogP contribution >= 0.6 is 22.6 Å². The lowest BCUT2D eigenvalue weighted by molar-refractivity contribution is -0.129. The van der Waals surface area contributed by atoms with Crippen molar-refractivity contribution < 1.29 is 14.7 Å². The van der Waals surface area contributed by atoms with Crippen LogP contribution in [-0.2, 0) is 9.59 Å². The van der Waals surface area contributed by atoms with E-state index < -0.39 is 21.8 Å². The second-order valence-corrected chi connectivity index (χ2v) is 5.83. The Morgan fingerprint density at radius 1 is 1.23 bits per heavy atom. The van der Waals surface area contributed by atoms with Gasteiger partial charge < -0.3 is 15.7 Å². The fourth-order valence-corrected chi connectivity index (χ4v) is 2.41. The topological polar surface area (TPSA) is 107 Å². The molecule has 2 atom stereocenters. The molecule has 116 valence electrons. The van der Waals surface area contributed by atoms with E-state index in [9.17, 15) is 14.7 Å². The van der Waals surface area contributed by atoms with Gasteiger partial charge >= 0.3 is 0 Å². The Kier molecular flexibility index (Phi) is 5.50. The molecular weight excluding hydrogens is 399 g/mol. The molecule has 1 aromatic carbocycles. The van der Waals surface area contributed by atoms with Gasteiger partial charge in [-0.05, 0) is 18.2 Å². The first kappa shape index (κ1) is 16.4. The van der Waals surface area contributed by atoms with Crippen LogP contribution in [0.3, 0.4) is 0 Å². The number of carbonyl (C=O) groups is 2. The van der Waals surface area contributed by atoms with Crippen LogP contribution in [0.2, 0.25) is 0 Å². The third-order valence-corrected chi connectivity index (χ3v) is 4.24. The van der Waals surface area contributed by atoms with E-state index >= 15 is 0 Å². The molecule has 0 unspecified atom stereocenters. The Hall–Kier alpha value is -1.94. The largest absolute Gasteiger partial charge is 0.382 e. The van der Waals surface area contributed by atoms with Crippen molar-refractivity contribution in [1.82, 2.24) is 15.5 Å². The highest BCUT2D eigenvalue weighted by Gasteiger charge is 2.29. The number of nitrogens with one attached hydrogen (secondary N) is 3. The number of aliphatic hydroxyl groups is 1. The molecule has 0 radical (unpaired) electrons. The number of H-pyrrole nitrogens is 1. The number of rotatable bonds is 5. The minimum atomic E-state index is -1.42. The number of hydrogen-bond donors (Lipinski definition) is 4. The van der Waals surface area contributed by atoms with Crippen molar-refractivity contribution in [1.29, 1.82) is 0 Å². The van der Waals surface area contributed by atoms with Crippen LogP contribution < -0.4 is 10.6 Å². The van der Waals surface area contributed by atoms with Gasteiger partial charge in [-0.1, -0.05) is 34.7 Å². The number of carbonyl (C=O) groups excluding carboxylic acids is 2. The Balaban J connectivity index is 2.01. The van der Waals surface area contributed by atoms with Gasteiger partial charge in [-0.15, -0.1) is 0 Å². The molecular formula is C14H15IN4O3. The number of benzene rings is 1. The monoisotopic (exact) mass is 414 g/mol. The van der Waals surface area contributed by atoms with Gasteiger partial charge in [0.15, 0.2) is 6.10 Å². The van der Waals surface area contributed by atoms with Crippen molar-refractivity contribution in [3.63, 3.8) is 0 Å². The smallest absolute Gasteiger partial charge is 0.254 e. The first-order chi connectivity index (χ1) is 10.5. The summed E-state index contributed by atoms with van der Waals surface area (Å²) in [6.07, 6.45) is 0.298. The van der Waals surface area contributed by atoms with Gasteiger partial charge in [0.25, 0.3) is 5.91 Å². The molecule has 4 N–H and O–H groups in total. The number of halogens is 1. The van der Waals surface area contributed by atoms with Crippen LogP contribution in [0.5, 0.6) is 0 Å². The van der Waals surface area contributed by atoms with Crippen LogP contribution in [-0.4, -0.2) is 44.2 Å². The molecule has 2 aromatic rings. The number of amides is 2. The van der Waals surface area contributed by atoms with E-state index in [4.69, 9.17) is 0 Å². The molecule has 0 bridgehead atoms. The number of alkyl halides is 1. The number of aliphatic hydroxyl groups excluding tert-OH is 1. The lowest BCUT2D eigenvalue weighted by atomic mass is 10.1. The molecule has 2 rings (SSSR count). The lowest BCUT2D eigenvalue weighted by Gasteiger charge is -2.15. The van der Waals surface area contributed by atoms with E-state index in [0.717, 1.165) is 11.3 Å². The predicted molar refractivity (Wildman–Crippen MR) is 90.5 cm³/mol. The SMILES string of the molecule is CNC(=O)[C@H](I)[C@@H](O)C(=O)Nc1ccc(-c2cc[nH]n2)cc1. The standard InChI is InChI=1S/C14H15IN4O3/c1-16-13(21)11(15)12(20)14(22)18-9-4-2-8(3-5-9)10-6-7-17-19-10/h2-7,11-12,20H,1H3,(H,16,21)(H,17,19)(H,18,22)/t11-,12-/m1/s1. The lowest BCUT2D eigenvalue weighted by Crippen LogP contribution is -2.43. The van der Waals surface area contributed by atoms with Crippen LogP contribution in [0.15, 0.2) is 36.5 Å². The fourth-order valence-electron chi connectivity index (χ4n) is 1.78. The van der Waals surface area contributed by atoms with Crippen molar-refractivity contribution in [2.24, 2.45) is 0 Å². The summed E-state index contributed by atoms with van der Waals surface area (Å²) < 4.78 is -0.856. The molecule has 7 nitrogen and oxygen atoms in total. The maximum absolute atomic E-state index is 11.9. The summed E-state index contributed by atoms with van der Waals surface area (Å²) in [6, 6.07) is 8.85. The van der Waals surface area contributed by atoms with Gasteiger partial charge in [0.1, 0.15) is 3.92 Å². The van der Waals surface area contributed by atoms with Crippen molar-refractivity contribution in [3.05, 3.63) is 36.5 Å². The molecule has 0 fully saturated rings. The minimum Gasteiger partial charge on any atom is -0.382 e. The Morgan fingerprint density at radius 3 is 2.45 bits per heavy atom. The molecule has 0 aliphatic heterocycles. The van der Waals surface area contributed by atoms with Crippen molar-refractivity contribution in [2.75, 3.05) is 12.4 Å². The number of anilines is 1. The molecule has 2 amide bonds. The summed E-state index contributed by atoms with van der Waals surface area (Å²) in [5.41, 5.74) is 2.23. The maximum Gasteiger partial charge on any atom is 0.254 e. The second-order valence-electron chi connectivity index (χ2n) is 4.49. The molecule has 0 spiro atoms. The van der Waals surface area contributed by atoms with Crippen LogP contribution in [0, 0.1) is 0 Å². The van der Waals surface area contributed by atoms with Gasteiger partial charge in [0.05, 0.1) is 5.69 Å². The van der Waals surface area contributed by atoms with Gasteiger partial charge in [-0.2, -0.15) is 5.10 Å². The molecule has 1 aromatic heterocycles. The molecule has 8 heteroatoms. The summed E-state index contributed by atoms with van der Waals surface area (Å²) in [6.45, 7) is 0. The van der Waals surface area contributed by atoms with E-state index in [0.29, 0.717) is 5.69 Å². The van der Waals surface area contributed by atoms with Gasteiger partial charge in [-0.3, -0.25) is 14.7 Å². The average molecular weight is 414 g/mol. The summed E-state index contributed by atoms with van der Waals surface area (Å²) in [5, 5.41) is 21.6. The highest BCUT2D eigenvalue weighted by Crippen LogP contribution is 2.19. The molecule has 0 aliphatic carbocycles. The molecule has 0 saturated carbocycles. The van der Waals surface area contributed by atoms with Crippen LogP contribution in [0.1, 0.15) is 0 Å². The first-order valence-corrected chi connectivity index (χ1v) is 7.72. The number of hydrogen-bond acceptors (Lipinski definition) is 4. The zero-order valence-electron chi connectivity index (χ0n) is 11.7. The molecule has 0 saturated heterocycles. The third-order valence-electron chi connectivity index (χ3n) is 2.99. The van der Waals surface area contributed by atoms with E-state index in [1.54, 1.807) is 53.1 Å². The van der Waals surface area contributed by atoms with Crippen molar-refractivity contribution in [2.45, 2.75) is 10.0 Å². The van der Waals surface area contributed by atoms with Gasteiger partial charge in [0, 0.05) is 24.5 Å². The number of aromatic amines is 1. The minimum absolute atomic E-state index is 0.405. The fraction of sp³-hybridized carbons (Fsp3) is 0.214. The predicted octanol–water partition coefficient (Wildman–Crippen LogP) is 0.926. The van der Waals surface area contributed by atoms with Gasteiger partial charge in [0.2, 0.25) is 5.91 Å². The summed E-state index contributed by atoms with van der Waals surface area (Å²) in [7, 11) is 1.45. The Labute approximate surface area is 140 Å².